The molecule has 1 saturated heterocycles. The van der Waals surface area contributed by atoms with E-state index < -0.39 is 5.54 Å². The summed E-state index contributed by atoms with van der Waals surface area (Å²) in [6.07, 6.45) is 1.61. The predicted octanol–water partition coefficient (Wildman–Crippen LogP) is 2.62. The first-order valence-electron chi connectivity index (χ1n) is 8.53. The van der Waals surface area contributed by atoms with Crippen molar-refractivity contribution in [2.45, 2.75) is 44.9 Å². The van der Waals surface area contributed by atoms with E-state index in [1.54, 1.807) is 20.1 Å². The Labute approximate surface area is 156 Å². The summed E-state index contributed by atoms with van der Waals surface area (Å²) >= 11 is 1.47. The van der Waals surface area contributed by atoms with Gasteiger partial charge < -0.3 is 9.73 Å². The molecule has 1 fully saturated rings. The van der Waals surface area contributed by atoms with Crippen molar-refractivity contribution in [2.24, 2.45) is 5.92 Å². The zero-order valence-corrected chi connectivity index (χ0v) is 16.2. The van der Waals surface area contributed by atoms with Gasteiger partial charge in [0.25, 0.3) is 5.91 Å². The highest BCUT2D eigenvalue weighted by atomic mass is 32.2. The van der Waals surface area contributed by atoms with Crippen LogP contribution in [0, 0.1) is 5.92 Å². The molecule has 3 amide bonds. The standard InChI is InChI=1S/C17H23N5O3S/c1-11(2)10-22-13(12-6-5-8-25-12)19-20-16(22)26-9-7-21-14(23)17(3,4)18-15(21)24/h5-6,8,11H,7,9-10H2,1-4H3,(H,18,24). The fraction of sp³-hybridized carbons (Fsp3) is 0.529. The van der Waals surface area contributed by atoms with Crippen molar-refractivity contribution < 1.29 is 14.0 Å². The molecule has 2 aromatic rings. The van der Waals surface area contributed by atoms with E-state index in [1.807, 2.05) is 16.7 Å². The van der Waals surface area contributed by atoms with Crippen LogP contribution in [0.3, 0.4) is 0 Å². The first-order chi connectivity index (χ1) is 12.3. The molecular weight excluding hydrogens is 354 g/mol. The molecule has 140 valence electrons. The number of hydrogen-bond acceptors (Lipinski definition) is 6. The summed E-state index contributed by atoms with van der Waals surface area (Å²) in [5, 5.41) is 12.0. The second-order valence-corrected chi connectivity index (χ2v) is 8.21. The lowest BCUT2D eigenvalue weighted by atomic mass is 10.1. The molecule has 0 aromatic carbocycles. The van der Waals surface area contributed by atoms with Crippen LogP contribution in [0.25, 0.3) is 11.6 Å². The Kier molecular flexibility index (Phi) is 5.08. The van der Waals surface area contributed by atoms with Gasteiger partial charge in [0.1, 0.15) is 5.54 Å². The average Bonchev–Trinajstić information content (AvgIpc) is 3.23. The van der Waals surface area contributed by atoms with Gasteiger partial charge in [-0.25, -0.2) is 4.79 Å². The molecule has 0 atom stereocenters. The minimum absolute atomic E-state index is 0.206. The normalized spacial score (nSPS) is 16.6. The van der Waals surface area contributed by atoms with E-state index in [0.717, 1.165) is 11.7 Å². The van der Waals surface area contributed by atoms with E-state index in [0.29, 0.717) is 29.8 Å². The van der Waals surface area contributed by atoms with E-state index in [4.69, 9.17) is 4.42 Å². The Hall–Kier alpha value is -2.29. The summed E-state index contributed by atoms with van der Waals surface area (Å²) in [5.41, 5.74) is -0.841. The number of aromatic nitrogens is 3. The van der Waals surface area contributed by atoms with Crippen LogP contribution >= 0.6 is 11.8 Å². The highest BCUT2D eigenvalue weighted by Gasteiger charge is 2.43. The Balaban J connectivity index is 1.70. The predicted molar refractivity (Wildman–Crippen MR) is 97.6 cm³/mol. The van der Waals surface area contributed by atoms with Crippen LogP contribution in [0.4, 0.5) is 4.79 Å². The van der Waals surface area contributed by atoms with Crippen molar-refractivity contribution in [3.05, 3.63) is 18.4 Å². The molecule has 1 aliphatic heterocycles. The number of nitrogens with zero attached hydrogens (tertiary/aromatic N) is 4. The molecule has 1 N–H and O–H groups in total. The van der Waals surface area contributed by atoms with Crippen molar-refractivity contribution in [3.8, 4) is 11.6 Å². The van der Waals surface area contributed by atoms with Crippen LogP contribution in [-0.4, -0.2) is 49.4 Å². The lowest BCUT2D eigenvalue weighted by molar-refractivity contribution is -0.130. The number of nitrogens with one attached hydrogen (secondary N) is 1. The maximum atomic E-state index is 12.2. The molecule has 1 aliphatic rings. The lowest BCUT2D eigenvalue weighted by Gasteiger charge is -2.16. The SMILES string of the molecule is CC(C)Cn1c(SCCN2C(=O)NC(C)(C)C2=O)nnc1-c1ccco1. The molecule has 3 heterocycles. The van der Waals surface area contributed by atoms with E-state index >= 15 is 0 Å². The van der Waals surface area contributed by atoms with E-state index in [2.05, 4.69) is 29.4 Å². The summed E-state index contributed by atoms with van der Waals surface area (Å²) in [6.45, 7) is 8.72. The van der Waals surface area contributed by atoms with Crippen molar-refractivity contribution in [1.82, 2.24) is 25.0 Å². The fourth-order valence-corrected chi connectivity index (χ4v) is 3.63. The summed E-state index contributed by atoms with van der Waals surface area (Å²) in [4.78, 5) is 25.4. The van der Waals surface area contributed by atoms with Crippen LogP contribution in [0.5, 0.6) is 0 Å². The molecule has 2 aromatic heterocycles. The number of hydrogen-bond donors (Lipinski definition) is 1. The van der Waals surface area contributed by atoms with Gasteiger partial charge in [0, 0.05) is 18.8 Å². The monoisotopic (exact) mass is 377 g/mol. The summed E-state index contributed by atoms with van der Waals surface area (Å²) in [5.74, 6) is 2.10. The van der Waals surface area contributed by atoms with Crippen LogP contribution in [0.2, 0.25) is 0 Å². The van der Waals surface area contributed by atoms with Gasteiger partial charge in [-0.2, -0.15) is 0 Å². The molecule has 0 unspecified atom stereocenters. The Morgan fingerprint density at radius 1 is 1.31 bits per heavy atom. The number of carbonyl (C=O) groups excluding carboxylic acids is 2. The van der Waals surface area contributed by atoms with Gasteiger partial charge in [0.2, 0.25) is 0 Å². The lowest BCUT2D eigenvalue weighted by Crippen LogP contribution is -2.40. The third-order valence-corrected chi connectivity index (χ3v) is 4.94. The Morgan fingerprint density at radius 2 is 2.08 bits per heavy atom. The number of imide groups is 1. The largest absolute Gasteiger partial charge is 0.461 e. The molecule has 8 nitrogen and oxygen atoms in total. The van der Waals surface area contributed by atoms with Gasteiger partial charge in [0.05, 0.1) is 6.26 Å². The van der Waals surface area contributed by atoms with Gasteiger partial charge >= 0.3 is 6.03 Å². The quantitative estimate of drug-likeness (QED) is 0.589. The molecule has 3 rings (SSSR count). The maximum absolute atomic E-state index is 12.2. The molecule has 0 radical (unpaired) electrons. The number of urea groups is 1. The minimum Gasteiger partial charge on any atom is -0.461 e. The number of carbonyl (C=O) groups is 2. The molecule has 0 bridgehead atoms. The fourth-order valence-electron chi connectivity index (χ4n) is 2.76. The van der Waals surface area contributed by atoms with Crippen LogP contribution in [-0.2, 0) is 11.3 Å². The number of thioether (sulfide) groups is 1. The number of rotatable bonds is 7. The van der Waals surface area contributed by atoms with Crippen LogP contribution < -0.4 is 5.32 Å². The topological polar surface area (TPSA) is 93.3 Å². The molecule has 0 saturated carbocycles. The smallest absolute Gasteiger partial charge is 0.325 e. The molecular formula is C17H23N5O3S. The van der Waals surface area contributed by atoms with Crippen molar-refractivity contribution in [1.29, 1.82) is 0 Å². The zero-order valence-electron chi connectivity index (χ0n) is 15.4. The highest BCUT2D eigenvalue weighted by molar-refractivity contribution is 7.99. The second-order valence-electron chi connectivity index (χ2n) is 7.15. The zero-order chi connectivity index (χ0) is 18.9. The number of furan rings is 1. The van der Waals surface area contributed by atoms with Crippen LogP contribution in [0.1, 0.15) is 27.7 Å². The average molecular weight is 377 g/mol. The molecule has 0 aliphatic carbocycles. The first kappa shape index (κ1) is 18.5. The molecule has 0 spiro atoms. The van der Waals surface area contributed by atoms with Gasteiger partial charge in [-0.05, 0) is 31.9 Å². The van der Waals surface area contributed by atoms with Gasteiger partial charge in [-0.15, -0.1) is 10.2 Å². The minimum atomic E-state index is -0.841. The summed E-state index contributed by atoms with van der Waals surface area (Å²) < 4.78 is 7.47. The van der Waals surface area contributed by atoms with Gasteiger partial charge in [-0.1, -0.05) is 25.6 Å². The summed E-state index contributed by atoms with van der Waals surface area (Å²) in [6, 6.07) is 3.32. The maximum Gasteiger partial charge on any atom is 0.325 e. The first-order valence-corrected chi connectivity index (χ1v) is 9.52. The Morgan fingerprint density at radius 3 is 2.65 bits per heavy atom. The second kappa shape index (κ2) is 7.14. The number of amides is 3. The summed E-state index contributed by atoms with van der Waals surface area (Å²) in [7, 11) is 0. The van der Waals surface area contributed by atoms with Crippen molar-refractivity contribution >= 4 is 23.7 Å². The van der Waals surface area contributed by atoms with E-state index in [9.17, 15) is 9.59 Å². The van der Waals surface area contributed by atoms with Crippen LogP contribution in [0.15, 0.2) is 28.0 Å². The van der Waals surface area contributed by atoms with Gasteiger partial charge in [-0.3, -0.25) is 14.3 Å². The van der Waals surface area contributed by atoms with Gasteiger partial charge in [0.15, 0.2) is 16.7 Å². The Bertz CT molecular complexity index is 797. The van der Waals surface area contributed by atoms with Crippen molar-refractivity contribution in [2.75, 3.05) is 12.3 Å². The molecule has 9 heteroatoms. The third-order valence-electron chi connectivity index (χ3n) is 4.00. The highest BCUT2D eigenvalue weighted by Crippen LogP contribution is 2.26. The molecule has 26 heavy (non-hydrogen) atoms. The van der Waals surface area contributed by atoms with Crippen molar-refractivity contribution in [3.63, 3.8) is 0 Å². The van der Waals surface area contributed by atoms with E-state index in [1.165, 1.54) is 16.7 Å². The van der Waals surface area contributed by atoms with E-state index in [-0.39, 0.29) is 11.9 Å². The third kappa shape index (κ3) is 3.62.